The Labute approximate surface area is 224 Å². The lowest BCUT2D eigenvalue weighted by atomic mass is 10.1. The number of H-pyrrole nitrogens is 1. The van der Waals surface area contributed by atoms with Gasteiger partial charge in [0.25, 0.3) is 0 Å². The molecule has 1 aliphatic heterocycles. The lowest BCUT2D eigenvalue weighted by Crippen LogP contribution is -2.44. The first-order valence-corrected chi connectivity index (χ1v) is 14.1. The molecule has 2 aromatic heterocycles. The van der Waals surface area contributed by atoms with Gasteiger partial charge in [-0.25, -0.2) is 24.1 Å². The SMILES string of the molecule is Cc1[nH+]c(C)c(SC2(c3cc(N4CCOC[C@@H]4C)nc(-c4ccc(NC(=O)NCCF)cc4)n3)CC2)s1. The second kappa shape index (κ2) is 10.9. The van der Waals surface area contributed by atoms with Gasteiger partial charge in [-0.1, -0.05) is 23.1 Å². The standard InChI is InChI=1S/C26H31FN6O2S2/c1-16-15-35-13-12-33(16)22-14-21(26(8-9-26)37-24-17(2)29-18(3)36-24)31-23(32-22)19-4-6-20(7-5-19)30-25(34)28-11-10-27/h4-7,14,16H,8-13,15H2,1-3H3,(H2,28,30,34)/p+1/t16-/m0/s1. The van der Waals surface area contributed by atoms with E-state index in [0.717, 1.165) is 36.5 Å². The number of alkyl halides is 1. The lowest BCUT2D eigenvalue weighted by Gasteiger charge is -2.34. The maximum Gasteiger partial charge on any atom is 0.319 e. The molecule has 5 rings (SSSR count). The van der Waals surface area contributed by atoms with E-state index in [-0.39, 0.29) is 17.3 Å². The molecule has 3 N–H and O–H groups in total. The molecule has 3 heterocycles. The predicted molar refractivity (Wildman–Crippen MR) is 145 cm³/mol. The number of aromatic nitrogens is 3. The molecule has 196 valence electrons. The largest absolute Gasteiger partial charge is 0.377 e. The third kappa shape index (κ3) is 5.89. The Morgan fingerprint density at radius 1 is 1.30 bits per heavy atom. The van der Waals surface area contributed by atoms with E-state index < -0.39 is 12.7 Å². The number of rotatable bonds is 8. The van der Waals surface area contributed by atoms with Crippen molar-refractivity contribution in [2.45, 2.75) is 48.6 Å². The van der Waals surface area contributed by atoms with Crippen molar-refractivity contribution in [2.24, 2.45) is 0 Å². The number of amides is 2. The Balaban J connectivity index is 1.47. The normalized spacial score (nSPS) is 18.5. The Bertz CT molecular complexity index is 1260. The first-order chi connectivity index (χ1) is 17.9. The summed E-state index contributed by atoms with van der Waals surface area (Å²) in [4.78, 5) is 27.7. The summed E-state index contributed by atoms with van der Waals surface area (Å²) >= 11 is 3.70. The van der Waals surface area contributed by atoms with Crippen LogP contribution in [0.15, 0.2) is 34.5 Å². The van der Waals surface area contributed by atoms with Gasteiger partial charge in [0.15, 0.2) is 5.82 Å². The third-order valence-electron chi connectivity index (χ3n) is 6.53. The summed E-state index contributed by atoms with van der Waals surface area (Å²) in [5.74, 6) is 1.58. The molecule has 2 aliphatic rings. The average molecular weight is 544 g/mol. The van der Waals surface area contributed by atoms with E-state index in [1.807, 2.05) is 36.0 Å². The maximum absolute atomic E-state index is 12.3. The second-order valence-corrected chi connectivity index (χ2v) is 12.4. The summed E-state index contributed by atoms with van der Waals surface area (Å²) in [6, 6.07) is 9.39. The molecule has 0 radical (unpaired) electrons. The van der Waals surface area contributed by atoms with Crippen molar-refractivity contribution in [2.75, 3.05) is 43.2 Å². The number of anilines is 2. The first kappa shape index (κ1) is 25.9. The number of thiazole rings is 1. The summed E-state index contributed by atoms with van der Waals surface area (Å²) in [7, 11) is 0. The van der Waals surface area contributed by atoms with Gasteiger partial charge in [-0.15, -0.1) is 0 Å². The van der Waals surface area contributed by atoms with Crippen LogP contribution in [0.3, 0.4) is 0 Å². The van der Waals surface area contributed by atoms with Crippen LogP contribution >= 0.6 is 23.1 Å². The molecule has 1 saturated carbocycles. The summed E-state index contributed by atoms with van der Waals surface area (Å²) in [6.07, 6.45) is 2.14. The topological polar surface area (TPSA) is 93.5 Å². The maximum atomic E-state index is 12.3. The monoisotopic (exact) mass is 543 g/mol. The predicted octanol–water partition coefficient (Wildman–Crippen LogP) is 4.73. The van der Waals surface area contributed by atoms with Gasteiger partial charge in [-0.05, 0) is 44.0 Å². The van der Waals surface area contributed by atoms with Crippen LogP contribution < -0.4 is 20.5 Å². The molecule has 2 amide bonds. The number of nitrogens with zero attached hydrogens (tertiary/aromatic N) is 3. The number of carbonyl (C=O) groups excluding carboxylic acids is 1. The third-order valence-corrected chi connectivity index (χ3v) is 9.43. The van der Waals surface area contributed by atoms with Crippen LogP contribution in [0, 0.1) is 13.8 Å². The number of halogens is 1. The molecule has 1 saturated heterocycles. The molecule has 2 fully saturated rings. The minimum atomic E-state index is -0.603. The van der Waals surface area contributed by atoms with E-state index in [2.05, 4.69) is 47.4 Å². The molecular formula is C26H32FN6O2S2+. The fourth-order valence-corrected chi connectivity index (χ4v) is 7.19. The van der Waals surface area contributed by atoms with Crippen molar-refractivity contribution in [1.82, 2.24) is 15.3 Å². The average Bonchev–Trinajstić information content (AvgIpc) is 3.61. The minimum Gasteiger partial charge on any atom is -0.377 e. The quantitative estimate of drug-likeness (QED) is 0.427. The Hall–Kier alpha value is -2.76. The van der Waals surface area contributed by atoms with Crippen LogP contribution in [0.4, 0.5) is 20.7 Å². The highest BCUT2D eigenvalue weighted by molar-refractivity contribution is 8.02. The number of thioether (sulfide) groups is 1. The number of morpholine rings is 1. The van der Waals surface area contributed by atoms with E-state index in [4.69, 9.17) is 14.7 Å². The molecule has 1 atom stereocenters. The van der Waals surface area contributed by atoms with Gasteiger partial charge in [0.1, 0.15) is 16.7 Å². The minimum absolute atomic E-state index is 0.0182. The van der Waals surface area contributed by atoms with E-state index in [9.17, 15) is 9.18 Å². The number of hydrogen-bond donors (Lipinski definition) is 2. The van der Waals surface area contributed by atoms with Crippen LogP contribution in [0.25, 0.3) is 11.4 Å². The highest BCUT2D eigenvalue weighted by atomic mass is 32.2. The number of ether oxygens (including phenoxy) is 1. The fraction of sp³-hybridized carbons (Fsp3) is 0.462. The van der Waals surface area contributed by atoms with Gasteiger partial charge >= 0.3 is 6.03 Å². The number of hydrogen-bond acceptors (Lipinski definition) is 7. The van der Waals surface area contributed by atoms with Crippen LogP contribution in [0.2, 0.25) is 0 Å². The van der Waals surface area contributed by atoms with Crippen LogP contribution in [0.5, 0.6) is 0 Å². The molecule has 3 aromatic rings. The molecular weight excluding hydrogens is 511 g/mol. The summed E-state index contributed by atoms with van der Waals surface area (Å²) < 4.78 is 19.2. The van der Waals surface area contributed by atoms with Crippen molar-refractivity contribution in [3.8, 4) is 11.4 Å². The lowest BCUT2D eigenvalue weighted by molar-refractivity contribution is -0.391. The van der Waals surface area contributed by atoms with Gasteiger partial charge in [0.05, 0.1) is 29.7 Å². The Morgan fingerprint density at radius 3 is 2.73 bits per heavy atom. The van der Waals surface area contributed by atoms with E-state index in [0.29, 0.717) is 24.7 Å². The molecule has 37 heavy (non-hydrogen) atoms. The summed E-state index contributed by atoms with van der Waals surface area (Å²) in [5.41, 5.74) is 3.74. The van der Waals surface area contributed by atoms with Gasteiger partial charge in [0.2, 0.25) is 10.7 Å². The van der Waals surface area contributed by atoms with E-state index in [1.165, 1.54) is 14.9 Å². The molecule has 0 spiro atoms. The zero-order valence-electron chi connectivity index (χ0n) is 21.3. The highest BCUT2D eigenvalue weighted by Crippen LogP contribution is 2.60. The zero-order valence-corrected chi connectivity index (χ0v) is 22.9. The van der Waals surface area contributed by atoms with Crippen LogP contribution in [-0.4, -0.2) is 55.0 Å². The van der Waals surface area contributed by atoms with E-state index >= 15 is 0 Å². The molecule has 8 nitrogen and oxygen atoms in total. The number of urea groups is 1. The smallest absolute Gasteiger partial charge is 0.319 e. The summed E-state index contributed by atoms with van der Waals surface area (Å²) in [5, 5.41) is 6.38. The van der Waals surface area contributed by atoms with Crippen LogP contribution in [-0.2, 0) is 9.48 Å². The molecule has 0 unspecified atom stereocenters. The second-order valence-electron chi connectivity index (χ2n) is 9.49. The van der Waals surface area contributed by atoms with Crippen molar-refractivity contribution in [3.05, 3.63) is 46.7 Å². The zero-order chi connectivity index (χ0) is 26.0. The van der Waals surface area contributed by atoms with Crippen molar-refractivity contribution in [1.29, 1.82) is 0 Å². The molecule has 1 aliphatic carbocycles. The number of aromatic amines is 1. The van der Waals surface area contributed by atoms with Crippen molar-refractivity contribution in [3.63, 3.8) is 0 Å². The highest BCUT2D eigenvalue weighted by Gasteiger charge is 2.49. The Kier molecular flexibility index (Phi) is 7.64. The fourth-order valence-electron chi connectivity index (χ4n) is 4.41. The summed E-state index contributed by atoms with van der Waals surface area (Å²) in [6.45, 7) is 7.89. The van der Waals surface area contributed by atoms with Gasteiger partial charge in [0, 0.05) is 44.3 Å². The molecule has 0 bridgehead atoms. The van der Waals surface area contributed by atoms with E-state index in [1.54, 1.807) is 11.3 Å². The number of nitrogens with one attached hydrogen (secondary N) is 3. The van der Waals surface area contributed by atoms with Crippen molar-refractivity contribution < 1.29 is 18.9 Å². The van der Waals surface area contributed by atoms with Gasteiger partial charge in [-0.3, -0.25) is 0 Å². The van der Waals surface area contributed by atoms with Crippen LogP contribution in [0.1, 0.15) is 36.2 Å². The number of carbonyl (C=O) groups is 1. The van der Waals surface area contributed by atoms with Gasteiger partial charge in [-0.2, -0.15) is 0 Å². The van der Waals surface area contributed by atoms with Crippen molar-refractivity contribution >= 4 is 40.6 Å². The number of aryl methyl sites for hydroxylation is 2. The molecule has 1 aromatic carbocycles. The Morgan fingerprint density at radius 2 is 2.08 bits per heavy atom. The first-order valence-electron chi connectivity index (χ1n) is 12.5. The number of benzene rings is 1. The molecule has 11 heteroatoms. The van der Waals surface area contributed by atoms with Gasteiger partial charge < -0.3 is 20.3 Å².